The molecule has 2 nitrogen and oxygen atoms in total. The van der Waals surface area contributed by atoms with Crippen molar-refractivity contribution in [1.82, 2.24) is 4.98 Å². The average molecular weight is 252 g/mol. The van der Waals surface area contributed by atoms with Crippen molar-refractivity contribution in [2.24, 2.45) is 4.99 Å². The maximum absolute atomic E-state index is 4.68. The topological polar surface area (TPSA) is 25.2 Å². The normalized spacial score (nSPS) is 11.4. The van der Waals surface area contributed by atoms with E-state index in [0.717, 1.165) is 17.8 Å². The van der Waals surface area contributed by atoms with Gasteiger partial charge in [0, 0.05) is 6.20 Å². The van der Waals surface area contributed by atoms with Gasteiger partial charge in [-0.3, -0.25) is 9.98 Å². The highest BCUT2D eigenvalue weighted by Gasteiger charge is 2.08. The lowest BCUT2D eigenvalue weighted by Crippen LogP contribution is -1.93. The van der Waals surface area contributed by atoms with Crippen LogP contribution in [0.25, 0.3) is 0 Å². The molecule has 0 aliphatic carbocycles. The Labute approximate surface area is 115 Å². The van der Waals surface area contributed by atoms with Gasteiger partial charge in [0.05, 0.1) is 17.6 Å². The van der Waals surface area contributed by atoms with Crippen LogP contribution in [0.2, 0.25) is 0 Å². The second-order valence-corrected chi connectivity index (χ2v) is 4.88. The molecular weight excluding hydrogens is 232 g/mol. The molecule has 0 unspecified atom stereocenters. The van der Waals surface area contributed by atoms with Gasteiger partial charge in [-0.05, 0) is 35.6 Å². The number of pyridine rings is 1. The van der Waals surface area contributed by atoms with Crippen molar-refractivity contribution in [1.29, 1.82) is 0 Å². The molecule has 0 aliphatic heterocycles. The monoisotopic (exact) mass is 252 g/mol. The SMILES string of the molecule is CCc1cccc(C(C)C)c1N=Cc1ccccn1. The molecule has 1 aromatic carbocycles. The Morgan fingerprint density at radius 3 is 2.63 bits per heavy atom. The number of benzene rings is 1. The van der Waals surface area contributed by atoms with Crippen molar-refractivity contribution >= 4 is 11.9 Å². The molecule has 2 rings (SSSR count). The van der Waals surface area contributed by atoms with Gasteiger partial charge in [0.1, 0.15) is 0 Å². The first-order valence-electron chi connectivity index (χ1n) is 6.79. The molecule has 0 saturated heterocycles. The molecule has 0 saturated carbocycles. The van der Waals surface area contributed by atoms with Crippen LogP contribution in [0.1, 0.15) is 43.5 Å². The fraction of sp³-hybridized carbons (Fsp3) is 0.294. The summed E-state index contributed by atoms with van der Waals surface area (Å²) < 4.78 is 0. The molecule has 2 heteroatoms. The summed E-state index contributed by atoms with van der Waals surface area (Å²) in [6, 6.07) is 12.3. The van der Waals surface area contributed by atoms with Gasteiger partial charge in [0.25, 0.3) is 0 Å². The second kappa shape index (κ2) is 6.28. The van der Waals surface area contributed by atoms with E-state index >= 15 is 0 Å². The van der Waals surface area contributed by atoms with Crippen LogP contribution in [0.3, 0.4) is 0 Å². The van der Waals surface area contributed by atoms with Gasteiger partial charge in [-0.25, -0.2) is 0 Å². The Morgan fingerprint density at radius 2 is 2.00 bits per heavy atom. The summed E-state index contributed by atoms with van der Waals surface area (Å²) in [6.45, 7) is 6.57. The number of aryl methyl sites for hydroxylation is 1. The molecular formula is C17H20N2. The Kier molecular flexibility index (Phi) is 4.45. The van der Waals surface area contributed by atoms with Crippen molar-refractivity contribution in [3.05, 3.63) is 59.4 Å². The highest BCUT2D eigenvalue weighted by atomic mass is 14.8. The van der Waals surface area contributed by atoms with Crippen molar-refractivity contribution in [2.75, 3.05) is 0 Å². The van der Waals surface area contributed by atoms with Crippen LogP contribution in [0, 0.1) is 0 Å². The minimum Gasteiger partial charge on any atom is -0.255 e. The second-order valence-electron chi connectivity index (χ2n) is 4.88. The predicted molar refractivity (Wildman–Crippen MR) is 81.4 cm³/mol. The van der Waals surface area contributed by atoms with E-state index in [1.807, 2.05) is 24.4 Å². The van der Waals surface area contributed by atoms with Crippen molar-refractivity contribution in [2.45, 2.75) is 33.1 Å². The van der Waals surface area contributed by atoms with Crippen LogP contribution in [0.15, 0.2) is 47.6 Å². The molecule has 0 bridgehead atoms. The lowest BCUT2D eigenvalue weighted by Gasteiger charge is -2.12. The molecule has 0 radical (unpaired) electrons. The first-order chi connectivity index (χ1) is 9.22. The standard InChI is InChI=1S/C17H20N2/c1-4-14-8-7-10-16(13(2)3)17(14)19-12-15-9-5-6-11-18-15/h5-13H,4H2,1-3H3. The number of nitrogens with zero attached hydrogens (tertiary/aromatic N) is 2. The predicted octanol–water partition coefficient (Wildman–Crippen LogP) is 4.52. The Bertz CT molecular complexity index is 557. The van der Waals surface area contributed by atoms with E-state index in [-0.39, 0.29) is 0 Å². The molecule has 19 heavy (non-hydrogen) atoms. The number of aliphatic imine (C=N–C) groups is 1. The molecule has 0 amide bonds. The summed E-state index contributed by atoms with van der Waals surface area (Å²) in [6.07, 6.45) is 4.63. The Hall–Kier alpha value is -1.96. The molecule has 0 fully saturated rings. The van der Waals surface area contributed by atoms with E-state index < -0.39 is 0 Å². The van der Waals surface area contributed by atoms with E-state index in [2.05, 4.69) is 48.9 Å². The molecule has 98 valence electrons. The van der Waals surface area contributed by atoms with Crippen LogP contribution in [0.4, 0.5) is 5.69 Å². The fourth-order valence-electron chi connectivity index (χ4n) is 2.10. The highest BCUT2D eigenvalue weighted by molar-refractivity contribution is 5.80. The zero-order valence-electron chi connectivity index (χ0n) is 11.8. The van der Waals surface area contributed by atoms with Crippen LogP contribution in [-0.4, -0.2) is 11.2 Å². The quantitative estimate of drug-likeness (QED) is 0.734. The first-order valence-corrected chi connectivity index (χ1v) is 6.79. The van der Waals surface area contributed by atoms with Gasteiger partial charge in [0.15, 0.2) is 0 Å². The van der Waals surface area contributed by atoms with Gasteiger partial charge in [-0.2, -0.15) is 0 Å². The van der Waals surface area contributed by atoms with Crippen molar-refractivity contribution < 1.29 is 0 Å². The Balaban J connectivity index is 2.40. The number of aromatic nitrogens is 1. The molecule has 1 heterocycles. The molecule has 0 spiro atoms. The summed E-state index contributed by atoms with van der Waals surface area (Å²) in [5.74, 6) is 0.474. The average Bonchev–Trinajstić information content (AvgIpc) is 2.45. The third-order valence-electron chi connectivity index (χ3n) is 3.17. The van der Waals surface area contributed by atoms with Crippen LogP contribution >= 0.6 is 0 Å². The molecule has 2 aromatic rings. The fourth-order valence-corrected chi connectivity index (χ4v) is 2.10. The van der Waals surface area contributed by atoms with Gasteiger partial charge < -0.3 is 0 Å². The number of hydrogen-bond acceptors (Lipinski definition) is 2. The van der Waals surface area contributed by atoms with Crippen molar-refractivity contribution in [3.63, 3.8) is 0 Å². The molecule has 1 aromatic heterocycles. The van der Waals surface area contributed by atoms with Crippen molar-refractivity contribution in [3.8, 4) is 0 Å². The molecule has 0 N–H and O–H groups in total. The number of rotatable bonds is 4. The van der Waals surface area contributed by atoms with Crippen LogP contribution < -0.4 is 0 Å². The van der Waals surface area contributed by atoms with Gasteiger partial charge >= 0.3 is 0 Å². The third-order valence-corrected chi connectivity index (χ3v) is 3.17. The van der Waals surface area contributed by atoms with E-state index in [0.29, 0.717) is 5.92 Å². The number of hydrogen-bond donors (Lipinski definition) is 0. The molecule has 0 aliphatic rings. The van der Waals surface area contributed by atoms with Crippen LogP contribution in [-0.2, 0) is 6.42 Å². The maximum atomic E-state index is 4.68. The third kappa shape index (κ3) is 3.28. The minimum absolute atomic E-state index is 0.474. The van der Waals surface area contributed by atoms with E-state index in [4.69, 9.17) is 0 Å². The van der Waals surface area contributed by atoms with E-state index in [9.17, 15) is 0 Å². The lowest BCUT2D eigenvalue weighted by molar-refractivity contribution is 0.863. The van der Waals surface area contributed by atoms with Crippen LogP contribution in [0.5, 0.6) is 0 Å². The summed E-state index contributed by atoms with van der Waals surface area (Å²) in [5, 5.41) is 0. The first kappa shape index (κ1) is 13.5. The summed E-state index contributed by atoms with van der Waals surface area (Å²) in [7, 11) is 0. The highest BCUT2D eigenvalue weighted by Crippen LogP contribution is 2.30. The molecule has 0 atom stereocenters. The zero-order chi connectivity index (χ0) is 13.7. The number of para-hydroxylation sites is 1. The van der Waals surface area contributed by atoms with E-state index in [1.54, 1.807) is 6.20 Å². The minimum atomic E-state index is 0.474. The van der Waals surface area contributed by atoms with E-state index in [1.165, 1.54) is 11.1 Å². The maximum Gasteiger partial charge on any atom is 0.0812 e. The summed E-state index contributed by atoms with van der Waals surface area (Å²) >= 11 is 0. The lowest BCUT2D eigenvalue weighted by atomic mass is 9.97. The summed E-state index contributed by atoms with van der Waals surface area (Å²) in [5.41, 5.74) is 4.58. The Morgan fingerprint density at radius 1 is 1.16 bits per heavy atom. The smallest absolute Gasteiger partial charge is 0.0812 e. The van der Waals surface area contributed by atoms with Gasteiger partial charge in [0.2, 0.25) is 0 Å². The van der Waals surface area contributed by atoms with Gasteiger partial charge in [-0.15, -0.1) is 0 Å². The largest absolute Gasteiger partial charge is 0.255 e. The van der Waals surface area contributed by atoms with Gasteiger partial charge in [-0.1, -0.05) is 45.0 Å². The zero-order valence-corrected chi connectivity index (χ0v) is 11.8. The summed E-state index contributed by atoms with van der Waals surface area (Å²) in [4.78, 5) is 8.96.